The topological polar surface area (TPSA) is 138 Å². The Labute approximate surface area is 183 Å². The molecule has 0 aromatic heterocycles. The first-order valence-electron chi connectivity index (χ1n) is 11.7. The van der Waals surface area contributed by atoms with Gasteiger partial charge in [-0.3, -0.25) is 4.79 Å². The average Bonchev–Trinajstić information content (AvgIpc) is 2.91. The zero-order valence-corrected chi connectivity index (χ0v) is 18.8. The summed E-state index contributed by atoms with van der Waals surface area (Å²) < 4.78 is 0. The summed E-state index contributed by atoms with van der Waals surface area (Å²) in [5, 5.41) is 64.7. The van der Waals surface area contributed by atoms with E-state index in [9.17, 15) is 35.4 Å². The van der Waals surface area contributed by atoms with E-state index in [4.69, 9.17) is 0 Å². The molecule has 0 aromatic rings. The molecule has 7 heteroatoms. The number of hydrogen-bond donors (Lipinski definition) is 6. The summed E-state index contributed by atoms with van der Waals surface area (Å²) in [6.45, 7) is 5.42. The van der Waals surface area contributed by atoms with E-state index in [0.29, 0.717) is 31.3 Å². The van der Waals surface area contributed by atoms with E-state index < -0.39 is 52.4 Å². The molecule has 7 nitrogen and oxygen atoms in total. The summed E-state index contributed by atoms with van der Waals surface area (Å²) >= 11 is 0. The summed E-state index contributed by atoms with van der Waals surface area (Å²) in [5.41, 5.74) is -3.93. The van der Waals surface area contributed by atoms with E-state index in [-0.39, 0.29) is 37.4 Å². The fourth-order valence-electron chi connectivity index (χ4n) is 7.60. The van der Waals surface area contributed by atoms with Crippen LogP contribution in [0.15, 0.2) is 11.6 Å². The van der Waals surface area contributed by atoms with Gasteiger partial charge < -0.3 is 30.6 Å². The molecule has 4 rings (SSSR count). The minimum absolute atomic E-state index is 0.132. The van der Waals surface area contributed by atoms with Gasteiger partial charge in [0.15, 0.2) is 5.78 Å². The molecule has 0 radical (unpaired) electrons. The summed E-state index contributed by atoms with van der Waals surface area (Å²) in [7, 11) is 0. The van der Waals surface area contributed by atoms with Crippen LogP contribution in [0, 0.1) is 22.7 Å². The Hall–Kier alpha value is -0.830. The van der Waals surface area contributed by atoms with Crippen molar-refractivity contribution < 1.29 is 35.4 Å². The number of fused-ring (bicyclic) bond motifs is 5. The first kappa shape index (κ1) is 23.3. The molecule has 176 valence electrons. The Morgan fingerprint density at radius 2 is 1.71 bits per heavy atom. The van der Waals surface area contributed by atoms with Gasteiger partial charge in [0, 0.05) is 11.3 Å². The third-order valence-electron chi connectivity index (χ3n) is 9.73. The molecule has 0 aliphatic heterocycles. The lowest BCUT2D eigenvalue weighted by Gasteiger charge is -2.61. The van der Waals surface area contributed by atoms with Gasteiger partial charge in [-0.15, -0.1) is 0 Å². The normalized spacial score (nSPS) is 51.4. The summed E-state index contributed by atoms with van der Waals surface area (Å²) in [6.07, 6.45) is 0.664. The van der Waals surface area contributed by atoms with Crippen LogP contribution in [-0.2, 0) is 4.79 Å². The predicted octanol–water partition coefficient (Wildman–Crippen LogP) is 0.828. The van der Waals surface area contributed by atoms with Crippen LogP contribution >= 0.6 is 0 Å². The third-order valence-corrected chi connectivity index (χ3v) is 9.73. The quantitative estimate of drug-likeness (QED) is 0.382. The fraction of sp³-hybridized carbons (Fsp3) is 0.875. The molecule has 3 saturated carbocycles. The lowest BCUT2D eigenvalue weighted by Crippen LogP contribution is -2.65. The molecule has 10 unspecified atom stereocenters. The van der Waals surface area contributed by atoms with Crippen molar-refractivity contribution in [1.29, 1.82) is 0 Å². The Kier molecular flexibility index (Phi) is 5.52. The number of allylic oxidation sites excluding steroid dienone is 1. The monoisotopic (exact) mass is 438 g/mol. The molecule has 0 spiro atoms. The lowest BCUT2D eigenvalue weighted by molar-refractivity contribution is -0.202. The van der Waals surface area contributed by atoms with E-state index in [1.54, 1.807) is 13.8 Å². The Morgan fingerprint density at radius 3 is 2.35 bits per heavy atom. The van der Waals surface area contributed by atoms with Crippen molar-refractivity contribution in [2.24, 2.45) is 22.7 Å². The number of rotatable bonds is 4. The molecule has 31 heavy (non-hydrogen) atoms. The van der Waals surface area contributed by atoms with Crippen LogP contribution in [-0.4, -0.2) is 72.0 Å². The van der Waals surface area contributed by atoms with Crippen molar-refractivity contribution in [2.75, 3.05) is 0 Å². The van der Waals surface area contributed by atoms with Crippen molar-refractivity contribution >= 4 is 5.78 Å². The van der Waals surface area contributed by atoms with Crippen LogP contribution in [0.1, 0.15) is 72.1 Å². The van der Waals surface area contributed by atoms with E-state index >= 15 is 0 Å². The van der Waals surface area contributed by atoms with Crippen molar-refractivity contribution in [3.8, 4) is 0 Å². The third kappa shape index (κ3) is 3.04. The predicted molar refractivity (Wildman–Crippen MR) is 113 cm³/mol. The van der Waals surface area contributed by atoms with E-state index in [0.717, 1.165) is 0 Å². The van der Waals surface area contributed by atoms with Crippen LogP contribution in [0.5, 0.6) is 0 Å². The molecule has 6 N–H and O–H groups in total. The van der Waals surface area contributed by atoms with Gasteiger partial charge in [0.25, 0.3) is 0 Å². The molecule has 4 aliphatic carbocycles. The van der Waals surface area contributed by atoms with Crippen LogP contribution in [0.3, 0.4) is 0 Å². The Balaban J connectivity index is 1.72. The highest BCUT2D eigenvalue weighted by molar-refractivity contribution is 5.95. The van der Waals surface area contributed by atoms with Gasteiger partial charge in [-0.25, -0.2) is 0 Å². The number of aliphatic hydroxyl groups is 6. The smallest absolute Gasteiger partial charge is 0.159 e. The molecule has 0 bridgehead atoms. The fourth-order valence-corrected chi connectivity index (χ4v) is 7.60. The van der Waals surface area contributed by atoms with Gasteiger partial charge in [-0.1, -0.05) is 13.8 Å². The first-order valence-corrected chi connectivity index (χ1v) is 11.7. The van der Waals surface area contributed by atoms with Crippen molar-refractivity contribution in [1.82, 2.24) is 0 Å². The van der Waals surface area contributed by atoms with Crippen molar-refractivity contribution in [3.05, 3.63) is 11.6 Å². The zero-order valence-electron chi connectivity index (χ0n) is 18.8. The van der Waals surface area contributed by atoms with E-state index in [2.05, 4.69) is 0 Å². The number of carbonyl (C=O) groups excluding carboxylic acids is 1. The maximum Gasteiger partial charge on any atom is 0.159 e. The van der Waals surface area contributed by atoms with Crippen LogP contribution in [0.25, 0.3) is 0 Å². The van der Waals surface area contributed by atoms with Gasteiger partial charge in [0.1, 0.15) is 0 Å². The Morgan fingerprint density at radius 1 is 1.03 bits per heavy atom. The second kappa shape index (κ2) is 7.34. The van der Waals surface area contributed by atoms with Crippen LogP contribution in [0.2, 0.25) is 0 Å². The first-order chi connectivity index (χ1) is 14.3. The van der Waals surface area contributed by atoms with Crippen molar-refractivity contribution in [3.63, 3.8) is 0 Å². The minimum atomic E-state index is -1.52. The standard InChI is InChI=1S/C24H38O7/c1-13(25)4-5-20(29)24(31)9-8-23(30)15-10-17(26)16-11-18(27)19(28)12-21(16,2)14(15)6-7-22(23,24)3/h10,13-14,16,18-20,25,27-31H,4-9,11-12H2,1-3H3. The number of aliphatic hydroxyl groups excluding tert-OH is 4. The summed E-state index contributed by atoms with van der Waals surface area (Å²) in [4.78, 5) is 13.1. The molecule has 0 saturated heterocycles. The lowest BCUT2D eigenvalue weighted by atomic mass is 9.45. The molecule has 0 amide bonds. The highest BCUT2D eigenvalue weighted by Crippen LogP contribution is 2.68. The average molecular weight is 439 g/mol. The van der Waals surface area contributed by atoms with Gasteiger partial charge in [0.05, 0.1) is 35.6 Å². The molecular formula is C24H38O7. The number of ketones is 1. The molecule has 10 atom stereocenters. The second-order valence-electron chi connectivity index (χ2n) is 11.3. The van der Waals surface area contributed by atoms with Crippen LogP contribution < -0.4 is 0 Å². The van der Waals surface area contributed by atoms with Crippen LogP contribution in [0.4, 0.5) is 0 Å². The summed E-state index contributed by atoms with van der Waals surface area (Å²) in [6, 6.07) is 0. The van der Waals surface area contributed by atoms with Crippen molar-refractivity contribution in [2.45, 2.75) is 108 Å². The van der Waals surface area contributed by atoms with Gasteiger partial charge in [0.2, 0.25) is 0 Å². The second-order valence-corrected chi connectivity index (χ2v) is 11.3. The van der Waals surface area contributed by atoms with Gasteiger partial charge in [-0.05, 0) is 81.3 Å². The maximum atomic E-state index is 13.1. The number of carbonyl (C=O) groups is 1. The van der Waals surface area contributed by atoms with E-state index in [1.165, 1.54) is 6.08 Å². The highest BCUT2D eigenvalue weighted by atomic mass is 16.4. The zero-order chi connectivity index (χ0) is 23.0. The molecule has 4 aliphatic rings. The minimum Gasteiger partial charge on any atom is -0.393 e. The van der Waals surface area contributed by atoms with Gasteiger partial charge >= 0.3 is 0 Å². The molecule has 0 aromatic carbocycles. The molecule has 0 heterocycles. The molecular weight excluding hydrogens is 400 g/mol. The Bertz CT molecular complexity index is 780. The largest absolute Gasteiger partial charge is 0.393 e. The highest BCUT2D eigenvalue weighted by Gasteiger charge is 2.72. The van der Waals surface area contributed by atoms with Gasteiger partial charge in [-0.2, -0.15) is 0 Å². The summed E-state index contributed by atoms with van der Waals surface area (Å²) in [5.74, 6) is -0.667. The maximum absolute atomic E-state index is 13.1. The molecule has 3 fully saturated rings. The van der Waals surface area contributed by atoms with E-state index in [1.807, 2.05) is 6.92 Å². The SMILES string of the molecule is CC(O)CCC(O)C1(O)CCC2(O)C3=CC(=O)C4CC(O)C(O)CC4(C)C3CCC21C. The number of hydrogen-bond acceptors (Lipinski definition) is 7.